The molecule has 3 rings (SSSR count). The monoisotopic (exact) mass is 445 g/mol. The maximum Gasteiger partial charge on any atom is 0.231 e. The van der Waals surface area contributed by atoms with Gasteiger partial charge in [0.2, 0.25) is 5.91 Å². The first-order valence-electron chi connectivity index (χ1n) is 11.7. The summed E-state index contributed by atoms with van der Waals surface area (Å²) in [6, 6.07) is 6.67. The van der Waals surface area contributed by atoms with Gasteiger partial charge in [0.25, 0.3) is 0 Å². The maximum atomic E-state index is 11.2. The van der Waals surface area contributed by atoms with E-state index in [9.17, 15) is 4.79 Å². The third kappa shape index (κ3) is 6.06. The molecule has 0 atom stereocenters. The van der Waals surface area contributed by atoms with E-state index in [4.69, 9.17) is 15.2 Å². The lowest BCUT2D eigenvalue weighted by Gasteiger charge is -2.39. The van der Waals surface area contributed by atoms with Crippen molar-refractivity contribution >= 4 is 11.9 Å². The molecule has 8 nitrogen and oxygen atoms in total. The molecule has 1 heterocycles. The first kappa shape index (κ1) is 24.2. The Morgan fingerprint density at radius 1 is 1.16 bits per heavy atom. The van der Waals surface area contributed by atoms with Crippen molar-refractivity contribution in [1.29, 1.82) is 0 Å². The molecule has 1 aromatic rings. The molecule has 4 N–H and O–H groups in total. The number of benzene rings is 1. The molecule has 2 fully saturated rings. The van der Waals surface area contributed by atoms with Crippen LogP contribution in [-0.4, -0.2) is 70.3 Å². The summed E-state index contributed by atoms with van der Waals surface area (Å²) in [6.07, 6.45) is 7.94. The minimum absolute atomic E-state index is 0.0419. The van der Waals surface area contributed by atoms with Gasteiger partial charge in [-0.25, -0.2) is 0 Å². The van der Waals surface area contributed by atoms with Crippen molar-refractivity contribution in [2.24, 2.45) is 10.7 Å². The van der Waals surface area contributed by atoms with E-state index in [1.807, 2.05) is 13.1 Å². The van der Waals surface area contributed by atoms with Crippen LogP contribution in [0, 0.1) is 0 Å². The van der Waals surface area contributed by atoms with Gasteiger partial charge in [-0.15, -0.1) is 0 Å². The van der Waals surface area contributed by atoms with Gasteiger partial charge in [0.1, 0.15) is 0 Å². The summed E-state index contributed by atoms with van der Waals surface area (Å²) in [5.74, 6) is 2.11. The van der Waals surface area contributed by atoms with Crippen LogP contribution in [0.25, 0.3) is 0 Å². The van der Waals surface area contributed by atoms with Crippen molar-refractivity contribution in [1.82, 2.24) is 15.5 Å². The number of hydrogen-bond donors (Lipinski definition) is 3. The highest BCUT2D eigenvalue weighted by Gasteiger charge is 2.35. The normalized spacial score (nSPS) is 19.9. The van der Waals surface area contributed by atoms with Crippen LogP contribution >= 0.6 is 0 Å². The molecule has 0 radical (unpaired) electrons. The number of methoxy groups -OCH3 is 2. The highest BCUT2D eigenvalue weighted by Crippen LogP contribution is 2.42. The zero-order valence-corrected chi connectivity index (χ0v) is 19.8. The number of primary amides is 1. The third-order valence-electron chi connectivity index (χ3n) is 6.93. The second kappa shape index (κ2) is 11.4. The number of ether oxygens (including phenoxy) is 2. The minimum atomic E-state index is -0.262. The van der Waals surface area contributed by atoms with E-state index in [1.54, 1.807) is 14.2 Å². The van der Waals surface area contributed by atoms with Crippen molar-refractivity contribution in [3.05, 3.63) is 23.8 Å². The summed E-state index contributed by atoms with van der Waals surface area (Å²) >= 11 is 0. The lowest BCUT2D eigenvalue weighted by atomic mass is 9.69. The number of aliphatic imine (C=N–C) groups is 1. The number of rotatable bonds is 8. The number of hydrogen-bond acceptors (Lipinski definition) is 5. The predicted molar refractivity (Wildman–Crippen MR) is 127 cm³/mol. The van der Waals surface area contributed by atoms with Crippen molar-refractivity contribution in [3.8, 4) is 11.5 Å². The van der Waals surface area contributed by atoms with Crippen LogP contribution < -0.4 is 25.8 Å². The second-order valence-corrected chi connectivity index (χ2v) is 9.00. The van der Waals surface area contributed by atoms with Gasteiger partial charge < -0.3 is 25.8 Å². The lowest BCUT2D eigenvalue weighted by Crippen LogP contribution is -2.52. The van der Waals surface area contributed by atoms with Crippen molar-refractivity contribution < 1.29 is 14.3 Å². The van der Waals surface area contributed by atoms with E-state index >= 15 is 0 Å². The van der Waals surface area contributed by atoms with Crippen LogP contribution in [0.15, 0.2) is 23.2 Å². The van der Waals surface area contributed by atoms with Crippen LogP contribution in [0.3, 0.4) is 0 Å². The average molecular weight is 446 g/mol. The number of nitrogens with one attached hydrogen (secondary N) is 2. The molecule has 8 heteroatoms. The quantitative estimate of drug-likeness (QED) is 0.418. The van der Waals surface area contributed by atoms with Crippen LogP contribution in [0.1, 0.15) is 50.5 Å². The van der Waals surface area contributed by atoms with E-state index in [2.05, 4.69) is 32.7 Å². The summed E-state index contributed by atoms with van der Waals surface area (Å²) in [7, 11) is 5.18. The van der Waals surface area contributed by atoms with Gasteiger partial charge in [0, 0.05) is 38.1 Å². The number of amides is 1. The average Bonchev–Trinajstić information content (AvgIpc) is 2.82. The van der Waals surface area contributed by atoms with Crippen molar-refractivity contribution in [2.45, 2.75) is 56.4 Å². The molecule has 1 saturated carbocycles. The van der Waals surface area contributed by atoms with Crippen molar-refractivity contribution in [2.75, 3.05) is 47.4 Å². The van der Waals surface area contributed by atoms with E-state index in [0.29, 0.717) is 12.6 Å². The SMILES string of the molecule is CN=C(NCC1(c2ccc(OC)c(OC)c2)CCCCC1)NC1CCN(CC(N)=O)CC1. The molecule has 32 heavy (non-hydrogen) atoms. The lowest BCUT2D eigenvalue weighted by molar-refractivity contribution is -0.119. The Balaban J connectivity index is 1.64. The van der Waals surface area contributed by atoms with Crippen LogP contribution in [0.4, 0.5) is 0 Å². The smallest absolute Gasteiger partial charge is 0.231 e. The molecule has 0 spiro atoms. The number of nitrogens with zero attached hydrogens (tertiary/aromatic N) is 2. The van der Waals surface area contributed by atoms with Gasteiger partial charge in [0.15, 0.2) is 17.5 Å². The molecule has 0 unspecified atom stereocenters. The third-order valence-corrected chi connectivity index (χ3v) is 6.93. The van der Waals surface area contributed by atoms with E-state index in [1.165, 1.54) is 24.8 Å². The molecule has 1 aromatic carbocycles. The Kier molecular flexibility index (Phi) is 8.61. The topological polar surface area (TPSA) is 101 Å². The Bertz CT molecular complexity index is 784. The predicted octanol–water partition coefficient (Wildman–Crippen LogP) is 2.02. The standard InChI is InChI=1S/C24H39N5O3/c1-26-23(28-19-9-13-29(14-10-19)16-22(25)30)27-17-24(11-5-4-6-12-24)18-7-8-20(31-2)21(15-18)32-3/h7-8,15,19H,4-6,9-14,16-17H2,1-3H3,(H2,25,30)(H2,26,27,28). The Morgan fingerprint density at radius 3 is 2.44 bits per heavy atom. The van der Waals surface area contributed by atoms with Gasteiger partial charge in [0.05, 0.1) is 20.8 Å². The van der Waals surface area contributed by atoms with Crippen molar-refractivity contribution in [3.63, 3.8) is 0 Å². The summed E-state index contributed by atoms with van der Waals surface area (Å²) in [6.45, 7) is 2.90. The summed E-state index contributed by atoms with van der Waals surface area (Å²) in [4.78, 5) is 17.8. The number of likely N-dealkylation sites (tertiary alicyclic amines) is 1. The van der Waals surface area contributed by atoms with Crippen LogP contribution in [0.2, 0.25) is 0 Å². The van der Waals surface area contributed by atoms with Gasteiger partial charge in [-0.2, -0.15) is 0 Å². The fourth-order valence-corrected chi connectivity index (χ4v) is 5.06. The molecular weight excluding hydrogens is 406 g/mol. The summed E-state index contributed by atoms with van der Waals surface area (Å²) in [5.41, 5.74) is 6.66. The van der Waals surface area contributed by atoms with Gasteiger partial charge >= 0.3 is 0 Å². The van der Waals surface area contributed by atoms with Crippen LogP contribution in [-0.2, 0) is 10.2 Å². The largest absolute Gasteiger partial charge is 0.493 e. The maximum absolute atomic E-state index is 11.2. The number of carbonyl (C=O) groups is 1. The molecule has 0 bridgehead atoms. The highest BCUT2D eigenvalue weighted by molar-refractivity contribution is 5.80. The van der Waals surface area contributed by atoms with Crippen LogP contribution in [0.5, 0.6) is 11.5 Å². The Hall–Kier alpha value is -2.48. The summed E-state index contributed by atoms with van der Waals surface area (Å²) in [5, 5.41) is 7.19. The van der Waals surface area contributed by atoms with Gasteiger partial charge in [-0.1, -0.05) is 25.3 Å². The molecule has 0 aromatic heterocycles. The molecule has 1 saturated heterocycles. The number of piperidine rings is 1. The highest BCUT2D eigenvalue weighted by atomic mass is 16.5. The van der Waals surface area contributed by atoms with Gasteiger partial charge in [-0.3, -0.25) is 14.7 Å². The second-order valence-electron chi connectivity index (χ2n) is 9.00. The van der Waals surface area contributed by atoms with E-state index in [0.717, 1.165) is 62.8 Å². The Morgan fingerprint density at radius 2 is 1.84 bits per heavy atom. The fourth-order valence-electron chi connectivity index (χ4n) is 5.06. The molecule has 1 aliphatic carbocycles. The molecule has 1 amide bonds. The Labute approximate surface area is 191 Å². The fraction of sp³-hybridized carbons (Fsp3) is 0.667. The van der Waals surface area contributed by atoms with E-state index < -0.39 is 0 Å². The first-order valence-corrected chi connectivity index (χ1v) is 11.7. The zero-order valence-electron chi connectivity index (χ0n) is 19.8. The van der Waals surface area contributed by atoms with Gasteiger partial charge in [-0.05, 0) is 43.4 Å². The zero-order chi connectivity index (χ0) is 23.0. The number of nitrogens with two attached hydrogens (primary N) is 1. The molecule has 2 aliphatic rings. The van der Waals surface area contributed by atoms with E-state index in [-0.39, 0.29) is 11.3 Å². The molecule has 1 aliphatic heterocycles. The summed E-state index contributed by atoms with van der Waals surface area (Å²) < 4.78 is 11.0. The number of guanidine groups is 1. The first-order chi connectivity index (χ1) is 15.5. The number of carbonyl (C=O) groups excluding carboxylic acids is 1. The molecule has 178 valence electrons. The minimum Gasteiger partial charge on any atom is -0.493 e. The molecular formula is C24H39N5O3.